The molecule has 0 spiro atoms. The maximum Gasteiger partial charge on any atom is 0.338 e. The van der Waals surface area contributed by atoms with Crippen LogP contribution >= 0.6 is 0 Å². The summed E-state index contributed by atoms with van der Waals surface area (Å²) in [7, 11) is 1.34. The number of nitrogens with two attached hydrogens (primary N) is 1. The van der Waals surface area contributed by atoms with Gasteiger partial charge >= 0.3 is 5.97 Å². The summed E-state index contributed by atoms with van der Waals surface area (Å²) in [5.41, 5.74) is 7.58. The van der Waals surface area contributed by atoms with E-state index in [1.165, 1.54) is 7.11 Å². The number of methoxy groups -OCH3 is 1. The van der Waals surface area contributed by atoms with E-state index in [1.54, 1.807) is 25.1 Å². The van der Waals surface area contributed by atoms with Gasteiger partial charge in [-0.1, -0.05) is 12.5 Å². The van der Waals surface area contributed by atoms with E-state index in [1.807, 2.05) is 0 Å². The summed E-state index contributed by atoms with van der Waals surface area (Å²) >= 11 is 0. The van der Waals surface area contributed by atoms with E-state index in [-0.39, 0.29) is 17.7 Å². The number of ether oxygens (including phenoxy) is 1. The molecule has 0 aromatic heterocycles. The molecule has 5 heteroatoms. The van der Waals surface area contributed by atoms with Crippen molar-refractivity contribution in [2.24, 2.45) is 17.6 Å². The average Bonchev–Trinajstić information content (AvgIpc) is 2.97. The van der Waals surface area contributed by atoms with Crippen LogP contribution in [0, 0.1) is 18.8 Å². The molecule has 1 aliphatic carbocycles. The number of hydrogen-bond acceptors (Lipinski definition) is 4. The van der Waals surface area contributed by atoms with Gasteiger partial charge in [-0.05, 0) is 49.9 Å². The highest BCUT2D eigenvalue weighted by atomic mass is 16.5. The van der Waals surface area contributed by atoms with Gasteiger partial charge in [-0.15, -0.1) is 0 Å². The fraction of sp³-hybridized carbons (Fsp3) is 0.500. The Morgan fingerprint density at radius 1 is 1.38 bits per heavy atom. The van der Waals surface area contributed by atoms with Crippen molar-refractivity contribution in [2.75, 3.05) is 19.0 Å². The van der Waals surface area contributed by atoms with Gasteiger partial charge in [0, 0.05) is 11.6 Å². The minimum absolute atomic E-state index is 0.00642. The van der Waals surface area contributed by atoms with Gasteiger partial charge in [0.1, 0.15) is 0 Å². The first kappa shape index (κ1) is 15.5. The van der Waals surface area contributed by atoms with E-state index in [4.69, 9.17) is 10.5 Å². The number of rotatable bonds is 4. The first-order valence-corrected chi connectivity index (χ1v) is 7.27. The minimum atomic E-state index is -0.399. The lowest BCUT2D eigenvalue weighted by Crippen LogP contribution is -2.30. The Labute approximate surface area is 124 Å². The van der Waals surface area contributed by atoms with Crippen LogP contribution < -0.4 is 11.1 Å². The van der Waals surface area contributed by atoms with Gasteiger partial charge in [-0.25, -0.2) is 4.79 Å². The average molecular weight is 290 g/mol. The molecule has 0 bridgehead atoms. The van der Waals surface area contributed by atoms with Gasteiger partial charge in [0.15, 0.2) is 0 Å². The summed E-state index contributed by atoms with van der Waals surface area (Å²) < 4.78 is 4.74. The van der Waals surface area contributed by atoms with Crippen molar-refractivity contribution in [1.29, 1.82) is 0 Å². The van der Waals surface area contributed by atoms with E-state index in [0.29, 0.717) is 17.8 Å². The lowest BCUT2D eigenvalue weighted by atomic mass is 9.95. The Kier molecular flexibility index (Phi) is 4.96. The Hall–Kier alpha value is -1.88. The van der Waals surface area contributed by atoms with Gasteiger partial charge in [0.25, 0.3) is 0 Å². The van der Waals surface area contributed by atoms with Crippen molar-refractivity contribution < 1.29 is 14.3 Å². The van der Waals surface area contributed by atoms with Gasteiger partial charge in [0.05, 0.1) is 12.7 Å². The fourth-order valence-electron chi connectivity index (χ4n) is 2.99. The van der Waals surface area contributed by atoms with E-state index in [9.17, 15) is 9.59 Å². The Morgan fingerprint density at radius 2 is 2.14 bits per heavy atom. The summed E-state index contributed by atoms with van der Waals surface area (Å²) in [6.07, 6.45) is 2.93. The molecule has 2 atom stereocenters. The first-order valence-electron chi connectivity index (χ1n) is 7.27. The van der Waals surface area contributed by atoms with Gasteiger partial charge in [0.2, 0.25) is 5.91 Å². The zero-order valence-electron chi connectivity index (χ0n) is 12.5. The third kappa shape index (κ3) is 3.24. The van der Waals surface area contributed by atoms with Crippen LogP contribution in [0.4, 0.5) is 5.69 Å². The Bertz CT molecular complexity index is 542. The number of amides is 1. The summed E-state index contributed by atoms with van der Waals surface area (Å²) in [6.45, 7) is 2.34. The van der Waals surface area contributed by atoms with E-state index in [2.05, 4.69) is 5.32 Å². The molecule has 0 aliphatic heterocycles. The zero-order chi connectivity index (χ0) is 15.4. The molecule has 21 heavy (non-hydrogen) atoms. The first-order chi connectivity index (χ1) is 10.1. The van der Waals surface area contributed by atoms with Gasteiger partial charge < -0.3 is 15.8 Å². The maximum atomic E-state index is 12.4. The van der Waals surface area contributed by atoms with Crippen LogP contribution in [0.3, 0.4) is 0 Å². The van der Waals surface area contributed by atoms with Crippen molar-refractivity contribution in [3.05, 3.63) is 29.3 Å². The van der Waals surface area contributed by atoms with E-state index < -0.39 is 5.97 Å². The van der Waals surface area contributed by atoms with Crippen LogP contribution in [-0.4, -0.2) is 25.5 Å². The number of hydrogen-bond donors (Lipinski definition) is 2. The number of esters is 1. The van der Waals surface area contributed by atoms with Crippen molar-refractivity contribution in [2.45, 2.75) is 26.2 Å². The number of nitrogens with one attached hydrogen (secondary N) is 1. The second kappa shape index (κ2) is 6.72. The van der Waals surface area contributed by atoms with Crippen LogP contribution in [0.15, 0.2) is 18.2 Å². The van der Waals surface area contributed by atoms with Gasteiger partial charge in [-0.2, -0.15) is 0 Å². The molecule has 114 valence electrons. The Balaban J connectivity index is 2.16. The van der Waals surface area contributed by atoms with Crippen molar-refractivity contribution in [3.63, 3.8) is 0 Å². The van der Waals surface area contributed by atoms with Crippen molar-refractivity contribution in [1.82, 2.24) is 0 Å². The Morgan fingerprint density at radius 3 is 2.81 bits per heavy atom. The highest BCUT2D eigenvalue weighted by Crippen LogP contribution is 2.32. The molecule has 1 aromatic carbocycles. The molecule has 0 saturated heterocycles. The molecule has 2 unspecified atom stereocenters. The smallest absolute Gasteiger partial charge is 0.338 e. The molecule has 1 amide bonds. The molecule has 0 radical (unpaired) electrons. The van der Waals surface area contributed by atoms with E-state index in [0.717, 1.165) is 24.8 Å². The van der Waals surface area contributed by atoms with Gasteiger partial charge in [-0.3, -0.25) is 4.79 Å². The number of benzene rings is 1. The van der Waals surface area contributed by atoms with Crippen LogP contribution in [0.2, 0.25) is 0 Å². The molecular formula is C16H22N2O3. The number of anilines is 1. The van der Waals surface area contributed by atoms with Crippen LogP contribution in [-0.2, 0) is 9.53 Å². The van der Waals surface area contributed by atoms with E-state index >= 15 is 0 Å². The summed E-state index contributed by atoms with van der Waals surface area (Å²) in [6, 6.07) is 5.23. The molecular weight excluding hydrogens is 268 g/mol. The zero-order valence-corrected chi connectivity index (χ0v) is 12.5. The molecule has 0 heterocycles. The van der Waals surface area contributed by atoms with Crippen LogP contribution in [0.1, 0.15) is 35.2 Å². The highest BCUT2D eigenvalue weighted by molar-refractivity contribution is 5.97. The van der Waals surface area contributed by atoms with Crippen LogP contribution in [0.5, 0.6) is 0 Å². The molecule has 5 nitrogen and oxygen atoms in total. The topological polar surface area (TPSA) is 81.4 Å². The molecule has 3 N–H and O–H groups in total. The normalized spacial score (nSPS) is 21.1. The number of carbonyl (C=O) groups excluding carboxylic acids is 2. The molecule has 1 saturated carbocycles. The predicted molar refractivity (Wildman–Crippen MR) is 81.0 cm³/mol. The largest absolute Gasteiger partial charge is 0.465 e. The molecule has 1 aliphatic rings. The van der Waals surface area contributed by atoms with Crippen molar-refractivity contribution >= 4 is 17.6 Å². The fourth-order valence-corrected chi connectivity index (χ4v) is 2.99. The number of carbonyl (C=O) groups is 2. The lowest BCUT2D eigenvalue weighted by molar-refractivity contribution is -0.120. The second-order valence-electron chi connectivity index (χ2n) is 5.49. The third-order valence-corrected chi connectivity index (χ3v) is 4.30. The van der Waals surface area contributed by atoms with Crippen molar-refractivity contribution in [3.8, 4) is 0 Å². The maximum absolute atomic E-state index is 12.4. The molecule has 2 rings (SSSR count). The minimum Gasteiger partial charge on any atom is -0.465 e. The van der Waals surface area contributed by atoms with Crippen LogP contribution in [0.25, 0.3) is 0 Å². The third-order valence-electron chi connectivity index (χ3n) is 4.30. The highest BCUT2D eigenvalue weighted by Gasteiger charge is 2.32. The SMILES string of the molecule is COC(=O)c1cccc(NC(=O)C2CCCC2CN)c1C. The lowest BCUT2D eigenvalue weighted by Gasteiger charge is -2.18. The standard InChI is InChI=1S/C16H22N2O3/c1-10-12(16(20)21-2)6-4-8-14(10)18-15(19)13-7-3-5-11(13)9-17/h4,6,8,11,13H,3,5,7,9,17H2,1-2H3,(H,18,19). The monoisotopic (exact) mass is 290 g/mol. The quantitative estimate of drug-likeness (QED) is 0.832. The molecule has 1 fully saturated rings. The summed E-state index contributed by atoms with van der Waals surface area (Å²) in [4.78, 5) is 24.1. The predicted octanol–water partition coefficient (Wildman–Crippen LogP) is 2.10. The molecule has 1 aromatic rings. The second-order valence-corrected chi connectivity index (χ2v) is 5.49. The summed E-state index contributed by atoms with van der Waals surface area (Å²) in [5, 5.41) is 2.93. The summed E-state index contributed by atoms with van der Waals surface area (Å²) in [5.74, 6) is -0.178.